The molecule has 1 rings (SSSR count). The number of nitrogens with zero attached hydrogens (tertiary/aromatic N) is 1. The molecule has 0 amide bonds. The van der Waals surface area contributed by atoms with Crippen molar-refractivity contribution < 1.29 is 9.23 Å². The molecule has 0 aliphatic carbocycles. The number of rotatable bonds is 4. The summed E-state index contributed by atoms with van der Waals surface area (Å²) in [6.07, 6.45) is 8.03. The Bertz CT molecular complexity index is 355. The molecule has 0 aromatic heterocycles. The lowest BCUT2D eigenvalue weighted by Crippen LogP contribution is -1.87. The topological polar surface area (TPSA) is 21.6 Å². The van der Waals surface area contributed by atoms with Gasteiger partial charge in [-0.25, -0.2) is 4.39 Å². The number of hydrogen-bond donors (Lipinski definition) is 0. The van der Waals surface area contributed by atoms with Gasteiger partial charge >= 0.3 is 0 Å². The molecule has 0 spiro atoms. The molecular weight excluding hydrogens is 181 g/mol. The lowest BCUT2D eigenvalue weighted by atomic mass is 10.2. The van der Waals surface area contributed by atoms with E-state index in [-0.39, 0.29) is 5.82 Å². The largest absolute Gasteiger partial charge is 0.394 e. The third kappa shape index (κ3) is 3.72. The second-order valence-electron chi connectivity index (χ2n) is 2.50. The lowest BCUT2D eigenvalue weighted by molar-refractivity contribution is 0.152. The Morgan fingerprint density at radius 1 is 1.50 bits per heavy atom. The highest BCUT2D eigenvalue weighted by Crippen LogP contribution is 2.00. The van der Waals surface area contributed by atoms with Gasteiger partial charge in [0.25, 0.3) is 0 Å². The minimum absolute atomic E-state index is 0.325. The Balaban J connectivity index is 2.41. The van der Waals surface area contributed by atoms with E-state index >= 15 is 0 Å². The Kier molecular flexibility index (Phi) is 4.22. The summed E-state index contributed by atoms with van der Waals surface area (Å²) < 4.78 is 12.6. The SMILES string of the molecule is C#CCCON=[C]c1cccc(F)c1. The standard InChI is InChI=1S/C11H9FNO/c1-2-3-7-14-13-9-10-5-4-6-11(12)8-10/h1,4-6,8H,3,7H2. The summed E-state index contributed by atoms with van der Waals surface area (Å²) in [6, 6.07) is 5.92. The first-order valence-corrected chi connectivity index (χ1v) is 4.10. The van der Waals surface area contributed by atoms with Crippen LogP contribution in [0.3, 0.4) is 0 Å². The highest BCUT2D eigenvalue weighted by Gasteiger charge is 1.91. The zero-order valence-electron chi connectivity index (χ0n) is 7.53. The molecule has 0 unspecified atom stereocenters. The molecule has 71 valence electrons. The van der Waals surface area contributed by atoms with Crippen LogP contribution in [0.15, 0.2) is 29.4 Å². The summed E-state index contributed by atoms with van der Waals surface area (Å²) in [5.74, 6) is 2.08. The third-order valence-corrected chi connectivity index (χ3v) is 1.40. The summed E-state index contributed by atoms with van der Waals surface area (Å²) >= 11 is 0. The van der Waals surface area contributed by atoms with Crippen molar-refractivity contribution in [2.75, 3.05) is 6.61 Å². The second kappa shape index (κ2) is 5.76. The molecule has 0 atom stereocenters. The van der Waals surface area contributed by atoms with Crippen molar-refractivity contribution in [3.8, 4) is 12.3 Å². The summed E-state index contributed by atoms with van der Waals surface area (Å²) in [6.45, 7) is 0.346. The Labute approximate surface area is 82.4 Å². The van der Waals surface area contributed by atoms with Gasteiger partial charge in [0, 0.05) is 12.0 Å². The smallest absolute Gasteiger partial charge is 0.139 e. The maximum Gasteiger partial charge on any atom is 0.139 e. The molecule has 1 aromatic rings. The molecular formula is C11H9FNO. The first kappa shape index (κ1) is 10.3. The summed E-state index contributed by atoms with van der Waals surface area (Å²) in [4.78, 5) is 4.77. The minimum atomic E-state index is -0.325. The van der Waals surface area contributed by atoms with Crippen LogP contribution in [0.4, 0.5) is 4.39 Å². The van der Waals surface area contributed by atoms with Crippen molar-refractivity contribution in [1.82, 2.24) is 0 Å². The van der Waals surface area contributed by atoms with Crippen LogP contribution in [0.25, 0.3) is 0 Å². The van der Waals surface area contributed by atoms with Gasteiger partial charge in [0.1, 0.15) is 18.6 Å². The number of halogens is 1. The van der Waals surface area contributed by atoms with E-state index in [2.05, 4.69) is 17.3 Å². The summed E-state index contributed by atoms with van der Waals surface area (Å²) in [5.41, 5.74) is 0.533. The number of terminal acetylenes is 1. The molecule has 14 heavy (non-hydrogen) atoms. The van der Waals surface area contributed by atoms with E-state index in [0.29, 0.717) is 18.6 Å². The molecule has 1 aromatic carbocycles. The van der Waals surface area contributed by atoms with Crippen molar-refractivity contribution >= 4 is 6.21 Å². The zero-order valence-corrected chi connectivity index (χ0v) is 7.53. The van der Waals surface area contributed by atoms with E-state index in [1.165, 1.54) is 12.1 Å². The average Bonchev–Trinajstić information content (AvgIpc) is 2.18. The van der Waals surface area contributed by atoms with E-state index in [9.17, 15) is 4.39 Å². The van der Waals surface area contributed by atoms with Crippen LogP contribution in [0, 0.1) is 18.2 Å². The predicted octanol–water partition coefficient (Wildman–Crippen LogP) is 2.08. The lowest BCUT2D eigenvalue weighted by Gasteiger charge is -1.93. The Morgan fingerprint density at radius 3 is 3.07 bits per heavy atom. The molecule has 0 heterocycles. The summed E-state index contributed by atoms with van der Waals surface area (Å²) in [5, 5.41) is 3.51. The fourth-order valence-corrected chi connectivity index (χ4v) is 0.793. The van der Waals surface area contributed by atoms with Gasteiger partial charge in [0.15, 0.2) is 0 Å². The van der Waals surface area contributed by atoms with E-state index in [1.807, 2.05) is 0 Å². The van der Waals surface area contributed by atoms with Gasteiger partial charge in [-0.2, -0.15) is 0 Å². The van der Waals surface area contributed by atoms with E-state index in [0.717, 1.165) is 0 Å². The normalized spacial score (nSPS) is 10.0. The fraction of sp³-hybridized carbons (Fsp3) is 0.182. The van der Waals surface area contributed by atoms with Crippen molar-refractivity contribution in [2.24, 2.45) is 5.16 Å². The van der Waals surface area contributed by atoms with Gasteiger partial charge < -0.3 is 4.84 Å². The third-order valence-electron chi connectivity index (χ3n) is 1.40. The molecule has 0 bridgehead atoms. The molecule has 0 N–H and O–H groups in total. The van der Waals surface area contributed by atoms with Crippen LogP contribution < -0.4 is 0 Å². The second-order valence-corrected chi connectivity index (χ2v) is 2.50. The van der Waals surface area contributed by atoms with Crippen LogP contribution in [0.5, 0.6) is 0 Å². The first-order valence-electron chi connectivity index (χ1n) is 4.10. The van der Waals surface area contributed by atoms with Gasteiger partial charge in [0.2, 0.25) is 0 Å². The van der Waals surface area contributed by atoms with Crippen LogP contribution in [-0.2, 0) is 4.84 Å². The van der Waals surface area contributed by atoms with Crippen LogP contribution in [0.1, 0.15) is 12.0 Å². The molecule has 0 aliphatic rings. The Hall–Kier alpha value is -1.82. The van der Waals surface area contributed by atoms with Gasteiger partial charge in [0.05, 0.1) is 0 Å². The first-order chi connectivity index (χ1) is 6.83. The van der Waals surface area contributed by atoms with E-state index < -0.39 is 0 Å². The van der Waals surface area contributed by atoms with Gasteiger partial charge in [-0.1, -0.05) is 17.3 Å². The quantitative estimate of drug-likeness (QED) is 0.308. The van der Waals surface area contributed by atoms with E-state index in [1.54, 1.807) is 12.1 Å². The highest BCUT2D eigenvalue weighted by atomic mass is 19.1. The minimum Gasteiger partial charge on any atom is -0.394 e. The molecule has 3 heteroatoms. The maximum absolute atomic E-state index is 12.6. The Morgan fingerprint density at radius 2 is 2.36 bits per heavy atom. The van der Waals surface area contributed by atoms with Crippen LogP contribution >= 0.6 is 0 Å². The number of hydrogen-bond acceptors (Lipinski definition) is 2. The number of benzene rings is 1. The van der Waals surface area contributed by atoms with Crippen molar-refractivity contribution in [2.45, 2.75) is 6.42 Å². The van der Waals surface area contributed by atoms with Gasteiger partial charge in [-0.05, 0) is 12.1 Å². The maximum atomic E-state index is 12.6. The van der Waals surface area contributed by atoms with Crippen molar-refractivity contribution in [3.63, 3.8) is 0 Å². The van der Waals surface area contributed by atoms with Crippen molar-refractivity contribution in [3.05, 3.63) is 35.6 Å². The molecule has 2 nitrogen and oxygen atoms in total. The fourth-order valence-electron chi connectivity index (χ4n) is 0.793. The monoisotopic (exact) mass is 190 g/mol. The predicted molar refractivity (Wildman–Crippen MR) is 52.3 cm³/mol. The van der Waals surface area contributed by atoms with Gasteiger partial charge in [-0.15, -0.1) is 12.3 Å². The molecule has 0 saturated heterocycles. The molecule has 1 radical (unpaired) electrons. The summed E-state index contributed by atoms with van der Waals surface area (Å²) in [7, 11) is 0. The van der Waals surface area contributed by atoms with Crippen LogP contribution in [0.2, 0.25) is 0 Å². The zero-order chi connectivity index (χ0) is 10.2. The average molecular weight is 190 g/mol. The molecule has 0 saturated carbocycles. The highest BCUT2D eigenvalue weighted by molar-refractivity contribution is 5.78. The van der Waals surface area contributed by atoms with Gasteiger partial charge in [-0.3, -0.25) is 0 Å². The molecule has 0 aliphatic heterocycles. The van der Waals surface area contributed by atoms with E-state index in [4.69, 9.17) is 11.3 Å². The van der Waals surface area contributed by atoms with Crippen molar-refractivity contribution in [1.29, 1.82) is 0 Å². The molecule has 0 fully saturated rings. The van der Waals surface area contributed by atoms with Crippen LogP contribution in [-0.4, -0.2) is 12.8 Å².